The Labute approximate surface area is 188 Å². The number of aryl methyl sites for hydroxylation is 1. The summed E-state index contributed by atoms with van der Waals surface area (Å²) in [7, 11) is -2.74. The van der Waals surface area contributed by atoms with Gasteiger partial charge in [-0.15, -0.1) is 4.73 Å². The number of aromatic nitrogens is 1. The zero-order valence-electron chi connectivity index (χ0n) is 18.4. The van der Waals surface area contributed by atoms with Gasteiger partial charge < -0.3 is 4.74 Å². The van der Waals surface area contributed by atoms with E-state index in [1.54, 1.807) is 13.0 Å². The van der Waals surface area contributed by atoms with Crippen molar-refractivity contribution < 1.29 is 17.4 Å². The lowest BCUT2D eigenvalue weighted by atomic mass is 9.99. The molecule has 0 fully saturated rings. The second-order valence-corrected chi connectivity index (χ2v) is 8.96. The van der Waals surface area contributed by atoms with E-state index < -0.39 is 15.7 Å². The summed E-state index contributed by atoms with van der Waals surface area (Å²) in [6, 6.07) is 18.7. The largest absolute Gasteiger partial charge is 0.497 e. The Morgan fingerprint density at radius 3 is 2.34 bits per heavy atom. The highest BCUT2D eigenvalue weighted by Gasteiger charge is 2.20. The van der Waals surface area contributed by atoms with Crippen molar-refractivity contribution in [2.75, 3.05) is 7.11 Å². The predicted octanol–water partition coefficient (Wildman–Crippen LogP) is 4.71. The quantitative estimate of drug-likeness (QED) is 0.469. The number of ether oxygens (including phenoxy) is 1. The van der Waals surface area contributed by atoms with Gasteiger partial charge in [-0.3, -0.25) is 9.08 Å². The van der Waals surface area contributed by atoms with E-state index in [1.807, 2.05) is 36.4 Å². The lowest BCUT2D eigenvalue weighted by molar-refractivity contribution is 0.264. The van der Waals surface area contributed by atoms with Gasteiger partial charge in [0, 0.05) is 6.07 Å². The van der Waals surface area contributed by atoms with Crippen LogP contribution in [-0.2, 0) is 10.1 Å². The van der Waals surface area contributed by atoms with E-state index in [4.69, 9.17) is 9.02 Å². The Balaban J connectivity index is 2.07. The number of methoxy groups -OCH3 is 1. The smallest absolute Gasteiger partial charge is 0.357 e. The number of pyridine rings is 1. The highest BCUT2D eigenvalue weighted by molar-refractivity contribution is 7.87. The Kier molecular flexibility index (Phi) is 7.53. The van der Waals surface area contributed by atoms with Crippen LogP contribution in [0.2, 0.25) is 0 Å². The number of nitrogens with zero attached hydrogens (tertiary/aromatic N) is 1. The molecule has 0 aliphatic rings. The van der Waals surface area contributed by atoms with Crippen LogP contribution in [0.15, 0.2) is 76.4 Å². The first kappa shape index (κ1) is 23.3. The van der Waals surface area contributed by atoms with Crippen molar-refractivity contribution in [3.8, 4) is 5.75 Å². The molecule has 1 heterocycles. The van der Waals surface area contributed by atoms with Crippen molar-refractivity contribution in [2.45, 2.75) is 38.0 Å². The highest BCUT2D eigenvalue weighted by Crippen LogP contribution is 2.24. The van der Waals surface area contributed by atoms with Crippen LogP contribution in [0.4, 0.5) is 0 Å². The summed E-state index contributed by atoms with van der Waals surface area (Å²) in [6.07, 6.45) is 4.58. The third kappa shape index (κ3) is 5.68. The average molecular weight is 454 g/mol. The highest BCUT2D eigenvalue weighted by atomic mass is 32.2. The number of hydrogen-bond acceptors (Lipinski definition) is 5. The van der Waals surface area contributed by atoms with Crippen molar-refractivity contribution in [3.05, 3.63) is 93.9 Å². The Bertz CT molecular complexity index is 1240. The summed E-state index contributed by atoms with van der Waals surface area (Å²) < 4.78 is 37.0. The zero-order chi connectivity index (χ0) is 23.1. The van der Waals surface area contributed by atoms with Gasteiger partial charge in [-0.25, -0.2) is 0 Å². The Hall–Kier alpha value is -3.32. The Morgan fingerprint density at radius 2 is 1.72 bits per heavy atom. The van der Waals surface area contributed by atoms with E-state index >= 15 is 0 Å². The SMILES string of the molecule is CCCCC(=Cc1cc(C)cc(=O)n1OS(=O)(=O)c1ccc(OC)cc1)c1ccccc1. The summed E-state index contributed by atoms with van der Waals surface area (Å²) >= 11 is 0. The molecule has 7 heteroatoms. The van der Waals surface area contributed by atoms with Crippen LogP contribution in [-0.4, -0.2) is 20.3 Å². The fourth-order valence-corrected chi connectivity index (χ4v) is 4.19. The monoisotopic (exact) mass is 453 g/mol. The van der Waals surface area contributed by atoms with Gasteiger partial charge in [0.15, 0.2) is 0 Å². The molecule has 0 radical (unpaired) electrons. The van der Waals surface area contributed by atoms with Gasteiger partial charge in [0.1, 0.15) is 10.6 Å². The molecule has 0 spiro atoms. The molecule has 0 atom stereocenters. The molecular weight excluding hydrogens is 426 g/mol. The molecule has 168 valence electrons. The second-order valence-electron chi connectivity index (χ2n) is 7.43. The van der Waals surface area contributed by atoms with Crippen molar-refractivity contribution >= 4 is 21.8 Å². The van der Waals surface area contributed by atoms with Crippen LogP contribution in [0.25, 0.3) is 11.6 Å². The standard InChI is InChI=1S/C25H27NO5S/c1-4-5-9-21(20-10-7-6-8-11-20)18-22-16-19(2)17-25(27)26(22)31-32(28,29)24-14-12-23(30-3)13-15-24/h6-8,10-18H,4-5,9H2,1-3H3. The molecule has 6 nitrogen and oxygen atoms in total. The molecule has 0 bridgehead atoms. The summed E-state index contributed by atoms with van der Waals surface area (Å²) in [4.78, 5) is 12.7. The van der Waals surface area contributed by atoms with Crippen LogP contribution >= 0.6 is 0 Å². The maximum Gasteiger partial charge on any atom is 0.357 e. The summed E-state index contributed by atoms with van der Waals surface area (Å²) in [5.41, 5.74) is 2.53. The lowest BCUT2D eigenvalue weighted by Gasteiger charge is -2.14. The molecule has 3 aromatic rings. The van der Waals surface area contributed by atoms with E-state index in [0.717, 1.165) is 35.1 Å². The number of unbranched alkanes of at least 4 members (excludes halogenated alkanes) is 1. The van der Waals surface area contributed by atoms with Crippen LogP contribution in [0.5, 0.6) is 5.75 Å². The molecular formula is C25H27NO5S. The maximum atomic E-state index is 12.9. The van der Waals surface area contributed by atoms with Gasteiger partial charge in [0.25, 0.3) is 5.56 Å². The van der Waals surface area contributed by atoms with Gasteiger partial charge in [0.2, 0.25) is 0 Å². The molecule has 2 aromatic carbocycles. The van der Waals surface area contributed by atoms with E-state index in [1.165, 1.54) is 37.4 Å². The number of hydrogen-bond donors (Lipinski definition) is 0. The lowest BCUT2D eigenvalue weighted by Crippen LogP contribution is -2.32. The molecule has 0 aliphatic heterocycles. The van der Waals surface area contributed by atoms with Gasteiger partial charge in [-0.1, -0.05) is 43.7 Å². The fourth-order valence-electron chi connectivity index (χ4n) is 3.28. The molecule has 3 rings (SSSR count). The van der Waals surface area contributed by atoms with Gasteiger partial charge >= 0.3 is 10.1 Å². The number of rotatable bonds is 9. The van der Waals surface area contributed by atoms with E-state index in [-0.39, 0.29) is 4.90 Å². The summed E-state index contributed by atoms with van der Waals surface area (Å²) in [5.74, 6) is 0.517. The topological polar surface area (TPSA) is 74.6 Å². The van der Waals surface area contributed by atoms with Gasteiger partial charge in [-0.05, 0) is 72.9 Å². The predicted molar refractivity (Wildman–Crippen MR) is 126 cm³/mol. The minimum atomic E-state index is -4.24. The average Bonchev–Trinajstić information content (AvgIpc) is 2.79. The first-order valence-corrected chi connectivity index (χ1v) is 11.8. The molecule has 1 aromatic heterocycles. The molecule has 0 saturated heterocycles. The van der Waals surface area contributed by atoms with Crippen LogP contribution < -0.4 is 14.6 Å². The van der Waals surface area contributed by atoms with Crippen LogP contribution in [0.3, 0.4) is 0 Å². The second kappa shape index (κ2) is 10.3. The van der Waals surface area contributed by atoms with Crippen LogP contribution in [0.1, 0.15) is 43.0 Å². The van der Waals surface area contributed by atoms with E-state index in [9.17, 15) is 13.2 Å². The molecule has 0 saturated carbocycles. The first-order valence-electron chi connectivity index (χ1n) is 10.4. The molecule has 32 heavy (non-hydrogen) atoms. The van der Waals surface area contributed by atoms with Crippen molar-refractivity contribution in [1.29, 1.82) is 0 Å². The van der Waals surface area contributed by atoms with Crippen molar-refractivity contribution in [2.24, 2.45) is 0 Å². The summed E-state index contributed by atoms with van der Waals surface area (Å²) in [5, 5.41) is 0. The van der Waals surface area contributed by atoms with Crippen molar-refractivity contribution in [3.63, 3.8) is 0 Å². The van der Waals surface area contributed by atoms with Gasteiger partial charge in [0.05, 0.1) is 12.8 Å². The molecule has 0 aliphatic carbocycles. The number of benzene rings is 2. The minimum absolute atomic E-state index is 0.0741. The number of allylic oxidation sites excluding steroid dienone is 1. The van der Waals surface area contributed by atoms with E-state index in [2.05, 4.69) is 6.92 Å². The third-order valence-corrected chi connectivity index (χ3v) is 6.14. The molecule has 0 amide bonds. The molecule has 0 unspecified atom stereocenters. The van der Waals surface area contributed by atoms with Crippen molar-refractivity contribution in [1.82, 2.24) is 4.73 Å². The Morgan fingerprint density at radius 1 is 1.03 bits per heavy atom. The zero-order valence-corrected chi connectivity index (χ0v) is 19.3. The normalized spacial score (nSPS) is 11.9. The minimum Gasteiger partial charge on any atom is -0.497 e. The fraction of sp³-hybridized carbons (Fsp3) is 0.240. The van der Waals surface area contributed by atoms with E-state index in [0.29, 0.717) is 17.0 Å². The third-order valence-electron chi connectivity index (χ3n) is 4.95. The maximum absolute atomic E-state index is 12.9. The first-order chi connectivity index (χ1) is 15.3. The summed E-state index contributed by atoms with van der Waals surface area (Å²) in [6.45, 7) is 3.89. The van der Waals surface area contributed by atoms with Crippen LogP contribution in [0, 0.1) is 6.92 Å². The molecule has 0 N–H and O–H groups in total. The van der Waals surface area contributed by atoms with Gasteiger partial charge in [-0.2, -0.15) is 8.42 Å².